The molecule has 0 atom stereocenters. The molecule has 168 valence electrons. The summed E-state index contributed by atoms with van der Waals surface area (Å²) in [5.41, 5.74) is 8.45. The first kappa shape index (κ1) is 22.7. The lowest BCUT2D eigenvalue weighted by molar-refractivity contribution is 0.222. The summed E-state index contributed by atoms with van der Waals surface area (Å²) in [6, 6.07) is 17.6. The predicted octanol–water partition coefficient (Wildman–Crippen LogP) is 3.98. The van der Waals surface area contributed by atoms with Crippen LogP contribution in [0.5, 0.6) is 0 Å². The van der Waals surface area contributed by atoms with Gasteiger partial charge in [-0.1, -0.05) is 35.9 Å². The van der Waals surface area contributed by atoms with E-state index in [-0.39, 0.29) is 21.9 Å². The molecular formula is C24H26ClN3O3S. The number of nitrogens with two attached hydrogens (primary N) is 1. The molecule has 1 fully saturated rings. The maximum Gasteiger partial charge on any atom is 0.267 e. The Morgan fingerprint density at radius 3 is 2.38 bits per heavy atom. The van der Waals surface area contributed by atoms with Gasteiger partial charge in [0.25, 0.3) is 5.56 Å². The summed E-state index contributed by atoms with van der Waals surface area (Å²) in [6.07, 6.45) is 4.43. The van der Waals surface area contributed by atoms with Gasteiger partial charge in [0, 0.05) is 34.9 Å². The molecule has 0 aliphatic heterocycles. The SMILES string of the molecule is CS(=O)(=O)c1ccc(-c2ccc(=O)n([C@H]3CC[C@@](CN)(c4cccc(Cl)c4)CC3)n2)cc1. The van der Waals surface area contributed by atoms with Crippen LogP contribution in [0.3, 0.4) is 0 Å². The van der Waals surface area contributed by atoms with Gasteiger partial charge in [0.05, 0.1) is 16.6 Å². The van der Waals surface area contributed by atoms with Gasteiger partial charge in [-0.2, -0.15) is 5.10 Å². The molecule has 1 aliphatic carbocycles. The van der Waals surface area contributed by atoms with Crippen LogP contribution >= 0.6 is 11.6 Å². The molecule has 0 amide bonds. The zero-order chi connectivity index (χ0) is 22.9. The van der Waals surface area contributed by atoms with Gasteiger partial charge in [-0.05, 0) is 61.6 Å². The summed E-state index contributed by atoms with van der Waals surface area (Å²) in [6.45, 7) is 0.523. The maximum absolute atomic E-state index is 12.6. The van der Waals surface area contributed by atoms with Crippen molar-refractivity contribution in [1.29, 1.82) is 0 Å². The smallest absolute Gasteiger partial charge is 0.267 e. The third kappa shape index (κ3) is 4.51. The number of sulfone groups is 1. The Labute approximate surface area is 193 Å². The van der Waals surface area contributed by atoms with E-state index in [0.717, 1.165) is 36.8 Å². The lowest BCUT2D eigenvalue weighted by Crippen LogP contribution is -2.41. The van der Waals surface area contributed by atoms with Crippen LogP contribution in [0.2, 0.25) is 5.02 Å². The van der Waals surface area contributed by atoms with Gasteiger partial charge >= 0.3 is 0 Å². The fourth-order valence-electron chi connectivity index (χ4n) is 4.54. The van der Waals surface area contributed by atoms with Crippen molar-refractivity contribution in [3.8, 4) is 11.3 Å². The monoisotopic (exact) mass is 471 g/mol. The van der Waals surface area contributed by atoms with E-state index in [4.69, 9.17) is 17.3 Å². The Kier molecular flexibility index (Phi) is 6.25. The summed E-state index contributed by atoms with van der Waals surface area (Å²) >= 11 is 6.21. The van der Waals surface area contributed by atoms with Crippen molar-refractivity contribution in [2.75, 3.05) is 12.8 Å². The second kappa shape index (κ2) is 8.81. The van der Waals surface area contributed by atoms with Gasteiger partial charge in [-0.15, -0.1) is 0 Å². The highest BCUT2D eigenvalue weighted by atomic mass is 35.5. The van der Waals surface area contributed by atoms with Crippen LogP contribution in [0.4, 0.5) is 0 Å². The summed E-state index contributed by atoms with van der Waals surface area (Å²) in [7, 11) is -3.27. The van der Waals surface area contributed by atoms with E-state index in [1.165, 1.54) is 12.3 Å². The van der Waals surface area contributed by atoms with Gasteiger partial charge in [0.2, 0.25) is 0 Å². The largest absolute Gasteiger partial charge is 0.330 e. The van der Waals surface area contributed by atoms with E-state index >= 15 is 0 Å². The number of aromatic nitrogens is 2. The number of benzene rings is 2. The molecular weight excluding hydrogens is 446 g/mol. The highest BCUT2D eigenvalue weighted by Gasteiger charge is 2.37. The normalized spacial score (nSPS) is 21.4. The van der Waals surface area contributed by atoms with Crippen molar-refractivity contribution in [3.05, 3.63) is 81.6 Å². The Hall–Kier alpha value is -2.48. The first-order valence-corrected chi connectivity index (χ1v) is 12.9. The van der Waals surface area contributed by atoms with E-state index in [1.807, 2.05) is 18.2 Å². The van der Waals surface area contributed by atoms with Gasteiger partial charge < -0.3 is 5.73 Å². The molecule has 1 aromatic heterocycles. The second-order valence-electron chi connectivity index (χ2n) is 8.52. The zero-order valence-electron chi connectivity index (χ0n) is 17.9. The minimum Gasteiger partial charge on any atom is -0.330 e. The highest BCUT2D eigenvalue weighted by molar-refractivity contribution is 7.90. The van der Waals surface area contributed by atoms with Crippen molar-refractivity contribution in [3.63, 3.8) is 0 Å². The van der Waals surface area contributed by atoms with Crippen LogP contribution in [0.1, 0.15) is 37.3 Å². The fraction of sp³-hybridized carbons (Fsp3) is 0.333. The number of halogens is 1. The van der Waals surface area contributed by atoms with E-state index in [9.17, 15) is 13.2 Å². The molecule has 4 rings (SSSR count). The summed E-state index contributed by atoms with van der Waals surface area (Å²) in [5, 5.41) is 5.32. The molecule has 0 bridgehead atoms. The van der Waals surface area contributed by atoms with Crippen LogP contribution in [0, 0.1) is 0 Å². The molecule has 1 aliphatic rings. The maximum atomic E-state index is 12.6. The number of hydrogen-bond acceptors (Lipinski definition) is 5. The van der Waals surface area contributed by atoms with E-state index in [0.29, 0.717) is 17.3 Å². The molecule has 6 nitrogen and oxygen atoms in total. The summed E-state index contributed by atoms with van der Waals surface area (Å²) in [4.78, 5) is 12.9. The van der Waals surface area contributed by atoms with Crippen molar-refractivity contribution < 1.29 is 8.42 Å². The number of nitrogens with zero attached hydrogens (tertiary/aromatic N) is 2. The quantitative estimate of drug-likeness (QED) is 0.607. The van der Waals surface area contributed by atoms with Gasteiger partial charge in [-0.25, -0.2) is 13.1 Å². The van der Waals surface area contributed by atoms with Crippen molar-refractivity contribution in [2.45, 2.75) is 42.0 Å². The minimum atomic E-state index is -3.27. The lowest BCUT2D eigenvalue weighted by atomic mass is 9.68. The molecule has 0 spiro atoms. The van der Waals surface area contributed by atoms with Crippen LogP contribution in [0.25, 0.3) is 11.3 Å². The summed E-state index contributed by atoms with van der Waals surface area (Å²) < 4.78 is 25.0. The lowest BCUT2D eigenvalue weighted by Gasteiger charge is -2.40. The molecule has 1 saturated carbocycles. The topological polar surface area (TPSA) is 95.0 Å². The average molecular weight is 472 g/mol. The van der Waals surface area contributed by atoms with E-state index in [1.54, 1.807) is 35.0 Å². The molecule has 2 aromatic carbocycles. The Bertz CT molecular complexity index is 1280. The molecule has 0 radical (unpaired) electrons. The molecule has 8 heteroatoms. The van der Waals surface area contributed by atoms with Crippen LogP contribution < -0.4 is 11.3 Å². The first-order chi connectivity index (χ1) is 15.2. The fourth-order valence-corrected chi connectivity index (χ4v) is 5.36. The Morgan fingerprint density at radius 1 is 1.09 bits per heavy atom. The summed E-state index contributed by atoms with van der Waals surface area (Å²) in [5.74, 6) is 0. The number of hydrogen-bond donors (Lipinski definition) is 1. The van der Waals surface area contributed by atoms with E-state index < -0.39 is 9.84 Å². The van der Waals surface area contributed by atoms with Crippen LogP contribution in [-0.4, -0.2) is 31.0 Å². The Balaban J connectivity index is 1.58. The predicted molar refractivity (Wildman–Crippen MR) is 127 cm³/mol. The third-order valence-electron chi connectivity index (χ3n) is 6.49. The van der Waals surface area contributed by atoms with Crippen LogP contribution in [-0.2, 0) is 15.3 Å². The minimum absolute atomic E-state index is 0.0170. The molecule has 0 saturated heterocycles. The molecule has 2 N–H and O–H groups in total. The highest BCUT2D eigenvalue weighted by Crippen LogP contribution is 2.42. The number of rotatable bonds is 5. The molecule has 1 heterocycles. The second-order valence-corrected chi connectivity index (χ2v) is 11.0. The third-order valence-corrected chi connectivity index (χ3v) is 7.85. The molecule has 3 aromatic rings. The van der Waals surface area contributed by atoms with Gasteiger partial charge in [0.15, 0.2) is 9.84 Å². The standard InChI is InChI=1S/C24H26ClN3O3S/c1-32(30,31)21-7-5-17(6-8-21)22-9-10-23(29)28(27-22)20-11-13-24(16-26,14-12-20)18-3-2-4-19(25)15-18/h2-10,15,20H,11-14,16,26H2,1H3/t20-,24+. The van der Waals surface area contributed by atoms with Gasteiger partial charge in [-0.3, -0.25) is 4.79 Å². The van der Waals surface area contributed by atoms with Crippen molar-refractivity contribution >= 4 is 21.4 Å². The van der Waals surface area contributed by atoms with Gasteiger partial charge in [0.1, 0.15) is 0 Å². The zero-order valence-corrected chi connectivity index (χ0v) is 19.4. The van der Waals surface area contributed by atoms with Crippen molar-refractivity contribution in [2.24, 2.45) is 5.73 Å². The average Bonchev–Trinajstić information content (AvgIpc) is 2.79. The van der Waals surface area contributed by atoms with Crippen LogP contribution in [0.15, 0.2) is 70.4 Å². The molecule has 0 unspecified atom stereocenters. The Morgan fingerprint density at radius 2 is 1.78 bits per heavy atom. The molecule has 32 heavy (non-hydrogen) atoms. The first-order valence-electron chi connectivity index (χ1n) is 10.6. The van der Waals surface area contributed by atoms with E-state index in [2.05, 4.69) is 11.2 Å². The van der Waals surface area contributed by atoms with Crippen molar-refractivity contribution in [1.82, 2.24) is 9.78 Å².